The number of aryl methyl sites for hydroxylation is 2. The summed E-state index contributed by atoms with van der Waals surface area (Å²) in [7, 11) is 0. The molecule has 212 valence electrons. The summed E-state index contributed by atoms with van der Waals surface area (Å²) in [4.78, 5) is 0. The van der Waals surface area contributed by atoms with E-state index in [1.54, 1.807) is 17.6 Å². The molecule has 0 spiro atoms. The first-order chi connectivity index (χ1) is 19.9. The van der Waals surface area contributed by atoms with Gasteiger partial charge in [-0.3, -0.25) is 0 Å². The molecule has 0 atom stereocenters. The molecular formula is C41H44Zr. The van der Waals surface area contributed by atoms with Crippen LogP contribution in [0.2, 0.25) is 0 Å². The van der Waals surface area contributed by atoms with Gasteiger partial charge in [0.1, 0.15) is 0 Å². The van der Waals surface area contributed by atoms with Crippen molar-refractivity contribution in [3.8, 4) is 11.1 Å². The van der Waals surface area contributed by atoms with E-state index in [-0.39, 0.29) is 10.8 Å². The summed E-state index contributed by atoms with van der Waals surface area (Å²) in [6.07, 6.45) is 8.26. The molecule has 2 aliphatic rings. The fraction of sp³-hybridized carbons (Fsp3) is 0.293. The molecule has 2 aliphatic carbocycles. The van der Waals surface area contributed by atoms with Crippen molar-refractivity contribution in [1.82, 2.24) is 0 Å². The Labute approximate surface area is 261 Å². The summed E-state index contributed by atoms with van der Waals surface area (Å²) in [6, 6.07) is 33.4. The summed E-state index contributed by atoms with van der Waals surface area (Å²) < 4.78 is 3.75. The predicted octanol–water partition coefficient (Wildman–Crippen LogP) is 10.7. The van der Waals surface area contributed by atoms with E-state index in [9.17, 15) is 0 Å². The molecule has 4 aromatic carbocycles. The number of hydrogen-bond acceptors (Lipinski definition) is 0. The summed E-state index contributed by atoms with van der Waals surface area (Å²) in [6.45, 7) is 18.6. The Morgan fingerprint density at radius 1 is 0.643 bits per heavy atom. The Hall–Kier alpha value is -2.89. The SMILES string of the molecule is Cc1cccc([C](c2cccc(C)c2)=[Zr]([C]2=CC=CC2)[CH]2c3cc(C(C)(C)C)ccc3-c3ccc(C(C)(C)C)cc32)c1. The molecule has 1 heteroatoms. The second kappa shape index (κ2) is 11.0. The molecule has 0 saturated heterocycles. The molecule has 0 aliphatic heterocycles. The minimum atomic E-state index is -2.71. The van der Waals surface area contributed by atoms with Gasteiger partial charge in [0.05, 0.1) is 0 Å². The molecule has 42 heavy (non-hydrogen) atoms. The van der Waals surface area contributed by atoms with Crippen LogP contribution in [0.25, 0.3) is 11.1 Å². The molecule has 0 aromatic heterocycles. The van der Waals surface area contributed by atoms with E-state index < -0.39 is 21.3 Å². The van der Waals surface area contributed by atoms with Gasteiger partial charge in [-0.25, -0.2) is 0 Å². The Kier molecular flexibility index (Phi) is 7.64. The normalized spacial score (nSPS) is 14.5. The van der Waals surface area contributed by atoms with E-state index in [1.165, 1.54) is 44.5 Å². The number of fused-ring (bicyclic) bond motifs is 3. The van der Waals surface area contributed by atoms with E-state index in [0.717, 1.165) is 6.42 Å². The summed E-state index contributed by atoms with van der Waals surface area (Å²) in [5.41, 5.74) is 14.6. The van der Waals surface area contributed by atoms with E-state index in [2.05, 4.69) is 159 Å². The van der Waals surface area contributed by atoms with Crippen LogP contribution in [0, 0.1) is 13.8 Å². The Balaban J connectivity index is 1.76. The average molecular weight is 628 g/mol. The molecule has 0 fully saturated rings. The Bertz CT molecular complexity index is 1670. The Morgan fingerprint density at radius 2 is 1.14 bits per heavy atom. The molecule has 0 radical (unpaired) electrons. The summed E-state index contributed by atoms with van der Waals surface area (Å²) >= 11 is -2.71. The first-order valence-electron chi connectivity index (χ1n) is 15.5. The average Bonchev–Trinajstić information content (AvgIpc) is 3.57. The van der Waals surface area contributed by atoms with Crippen LogP contribution in [-0.4, -0.2) is 3.21 Å². The van der Waals surface area contributed by atoms with Gasteiger partial charge in [-0.1, -0.05) is 0 Å². The van der Waals surface area contributed by atoms with Crippen molar-refractivity contribution in [3.05, 3.63) is 151 Å². The van der Waals surface area contributed by atoms with Crippen LogP contribution >= 0.6 is 0 Å². The van der Waals surface area contributed by atoms with Gasteiger partial charge in [-0.05, 0) is 0 Å². The van der Waals surface area contributed by atoms with Gasteiger partial charge in [-0.2, -0.15) is 0 Å². The molecule has 0 unspecified atom stereocenters. The van der Waals surface area contributed by atoms with Crippen LogP contribution in [0.3, 0.4) is 0 Å². The molecule has 0 bridgehead atoms. The fourth-order valence-electron chi connectivity index (χ4n) is 6.72. The second-order valence-electron chi connectivity index (χ2n) is 14.4. The standard InChI is InChI=1S/C21H25.C15H14.C5H5.Zr/c1-20(2,3)16-7-9-18-14(12-16)11-15-13-17(21(4,5)6)8-10-19(15)18;1-12-5-3-7-14(9-12)11-15-8-4-6-13(2)10-15;1-2-4-5-3-1;/h7-13H,1-6H3;3-10H,1-2H3;1-3H,4H2;. The van der Waals surface area contributed by atoms with Gasteiger partial charge in [0.25, 0.3) is 0 Å². The predicted molar refractivity (Wildman–Crippen MR) is 179 cm³/mol. The van der Waals surface area contributed by atoms with E-state index in [1.807, 2.05) is 0 Å². The zero-order chi connectivity index (χ0) is 29.8. The van der Waals surface area contributed by atoms with Crippen LogP contribution in [-0.2, 0) is 32.1 Å². The molecule has 0 nitrogen and oxygen atoms in total. The maximum absolute atomic E-state index is 2.71. The van der Waals surface area contributed by atoms with E-state index >= 15 is 0 Å². The summed E-state index contributed by atoms with van der Waals surface area (Å²) in [5.74, 6) is 0. The van der Waals surface area contributed by atoms with Gasteiger partial charge in [0.15, 0.2) is 0 Å². The monoisotopic (exact) mass is 626 g/mol. The number of allylic oxidation sites excluding steroid dienone is 4. The Morgan fingerprint density at radius 3 is 1.55 bits per heavy atom. The van der Waals surface area contributed by atoms with Gasteiger partial charge in [-0.15, -0.1) is 0 Å². The third kappa shape index (κ3) is 5.46. The van der Waals surface area contributed by atoms with Crippen LogP contribution in [0.5, 0.6) is 0 Å². The van der Waals surface area contributed by atoms with E-state index in [4.69, 9.17) is 0 Å². The van der Waals surface area contributed by atoms with Gasteiger partial charge >= 0.3 is 263 Å². The molecule has 4 aromatic rings. The first kappa shape index (κ1) is 29.2. The van der Waals surface area contributed by atoms with Crippen molar-refractivity contribution in [2.24, 2.45) is 0 Å². The van der Waals surface area contributed by atoms with Crippen molar-refractivity contribution in [2.75, 3.05) is 0 Å². The third-order valence-electron chi connectivity index (χ3n) is 9.04. The number of benzene rings is 4. The maximum atomic E-state index is 2.59. The topological polar surface area (TPSA) is 0 Å². The van der Waals surface area contributed by atoms with Crippen LogP contribution in [0.1, 0.15) is 96.1 Å². The zero-order valence-electron chi connectivity index (χ0n) is 26.6. The molecule has 6 rings (SSSR count). The van der Waals surface area contributed by atoms with E-state index in [0.29, 0.717) is 3.63 Å². The quantitative estimate of drug-likeness (QED) is 0.211. The minimum absolute atomic E-state index is 0.0995. The van der Waals surface area contributed by atoms with Crippen LogP contribution < -0.4 is 0 Å². The van der Waals surface area contributed by atoms with Crippen molar-refractivity contribution in [1.29, 1.82) is 0 Å². The van der Waals surface area contributed by atoms with Crippen molar-refractivity contribution in [2.45, 2.75) is 76.3 Å². The number of rotatable bonds is 4. The van der Waals surface area contributed by atoms with Crippen molar-refractivity contribution >= 4 is 3.21 Å². The summed E-state index contributed by atoms with van der Waals surface area (Å²) in [5, 5.41) is 0. The second-order valence-corrected chi connectivity index (χ2v) is 20.6. The van der Waals surface area contributed by atoms with Gasteiger partial charge < -0.3 is 0 Å². The number of hydrogen-bond donors (Lipinski definition) is 0. The molecule has 0 amide bonds. The van der Waals surface area contributed by atoms with Crippen LogP contribution in [0.4, 0.5) is 0 Å². The van der Waals surface area contributed by atoms with Gasteiger partial charge in [0, 0.05) is 0 Å². The molecule has 0 N–H and O–H groups in total. The first-order valence-corrected chi connectivity index (χ1v) is 19.3. The molecule has 0 saturated carbocycles. The van der Waals surface area contributed by atoms with Crippen molar-refractivity contribution < 1.29 is 21.3 Å². The zero-order valence-corrected chi connectivity index (χ0v) is 29.1. The van der Waals surface area contributed by atoms with Crippen molar-refractivity contribution in [3.63, 3.8) is 0 Å². The third-order valence-corrected chi connectivity index (χ3v) is 17.3. The molecular weight excluding hydrogens is 584 g/mol. The van der Waals surface area contributed by atoms with Crippen LogP contribution in [0.15, 0.2) is 106 Å². The fourth-order valence-corrected chi connectivity index (χ4v) is 15.6. The van der Waals surface area contributed by atoms with Gasteiger partial charge in [0.2, 0.25) is 0 Å². The molecule has 0 heterocycles.